The zero-order chi connectivity index (χ0) is 12.6. The number of rotatable bonds is 3. The second-order valence-electron chi connectivity index (χ2n) is 4.40. The van der Waals surface area contributed by atoms with Crippen LogP contribution in [-0.4, -0.2) is 32.4 Å². The molecule has 0 unspecified atom stereocenters. The fraction of sp³-hybridized carbons (Fsp3) is 0.364. The lowest BCUT2D eigenvalue weighted by atomic mass is 10.4. The SMILES string of the molecule is CN(C)c1nc(-c2ccc(P(C)(C)=O)o2)cs1. The Balaban J connectivity index is 2.34. The molecule has 0 aliphatic rings. The van der Waals surface area contributed by atoms with Gasteiger partial charge in [0.05, 0.1) is 0 Å². The monoisotopic (exact) mass is 270 g/mol. The average molecular weight is 270 g/mol. The summed E-state index contributed by atoms with van der Waals surface area (Å²) in [4.78, 5) is 6.38. The van der Waals surface area contributed by atoms with Crippen LogP contribution in [0.2, 0.25) is 0 Å². The van der Waals surface area contributed by atoms with Gasteiger partial charge in [-0.05, 0) is 25.5 Å². The highest BCUT2D eigenvalue weighted by Gasteiger charge is 2.17. The maximum absolute atomic E-state index is 11.9. The topological polar surface area (TPSA) is 46.3 Å². The Morgan fingerprint density at radius 3 is 2.53 bits per heavy atom. The van der Waals surface area contributed by atoms with Crippen molar-refractivity contribution in [3.8, 4) is 11.5 Å². The third kappa shape index (κ3) is 2.61. The van der Waals surface area contributed by atoms with Gasteiger partial charge in [-0.15, -0.1) is 11.3 Å². The summed E-state index contributed by atoms with van der Waals surface area (Å²) in [6, 6.07) is 3.59. The summed E-state index contributed by atoms with van der Waals surface area (Å²) < 4.78 is 17.4. The minimum absolute atomic E-state index is 0.548. The molecule has 0 aliphatic heterocycles. The van der Waals surface area contributed by atoms with Gasteiger partial charge in [0, 0.05) is 19.5 Å². The minimum Gasteiger partial charge on any atom is -0.452 e. The zero-order valence-electron chi connectivity index (χ0n) is 10.3. The van der Waals surface area contributed by atoms with Crippen molar-refractivity contribution in [1.82, 2.24) is 4.98 Å². The zero-order valence-corrected chi connectivity index (χ0v) is 12.0. The Morgan fingerprint density at radius 1 is 1.35 bits per heavy atom. The first kappa shape index (κ1) is 12.4. The van der Waals surface area contributed by atoms with Crippen LogP contribution in [0.25, 0.3) is 11.5 Å². The largest absolute Gasteiger partial charge is 0.452 e. The molecule has 4 nitrogen and oxygen atoms in total. The van der Waals surface area contributed by atoms with Crippen LogP contribution in [0.15, 0.2) is 21.9 Å². The number of thiazole rings is 1. The van der Waals surface area contributed by atoms with Gasteiger partial charge in [-0.1, -0.05) is 0 Å². The molecule has 0 N–H and O–H groups in total. The van der Waals surface area contributed by atoms with Crippen molar-refractivity contribution in [2.75, 3.05) is 32.3 Å². The molecular formula is C11H15N2O2PS. The van der Waals surface area contributed by atoms with Crippen molar-refractivity contribution in [3.05, 3.63) is 17.5 Å². The maximum atomic E-state index is 11.9. The van der Waals surface area contributed by atoms with Crippen molar-refractivity contribution in [2.24, 2.45) is 0 Å². The van der Waals surface area contributed by atoms with E-state index in [1.54, 1.807) is 30.7 Å². The molecule has 6 heteroatoms. The van der Waals surface area contributed by atoms with Gasteiger partial charge in [-0.2, -0.15) is 0 Å². The first-order valence-corrected chi connectivity index (χ1v) is 8.64. The summed E-state index contributed by atoms with van der Waals surface area (Å²) in [7, 11) is 1.56. The van der Waals surface area contributed by atoms with Crippen molar-refractivity contribution in [1.29, 1.82) is 0 Å². The lowest BCUT2D eigenvalue weighted by Crippen LogP contribution is -2.07. The van der Waals surface area contributed by atoms with Gasteiger partial charge in [0.15, 0.2) is 16.4 Å². The standard InChI is InChI=1S/C11H15N2O2PS/c1-13(2)11-12-8(7-17-11)9-5-6-10(15-9)16(3,4)14/h5-7H,1-4H3. The average Bonchev–Trinajstić information content (AvgIpc) is 2.85. The molecule has 0 bridgehead atoms. The molecule has 0 atom stereocenters. The minimum atomic E-state index is -2.33. The van der Waals surface area contributed by atoms with E-state index in [0.717, 1.165) is 10.8 Å². The van der Waals surface area contributed by atoms with Gasteiger partial charge < -0.3 is 13.9 Å². The van der Waals surface area contributed by atoms with E-state index in [1.165, 1.54) is 0 Å². The van der Waals surface area contributed by atoms with Crippen LogP contribution in [0.3, 0.4) is 0 Å². The molecule has 0 radical (unpaired) electrons. The molecule has 0 aliphatic carbocycles. The highest BCUT2D eigenvalue weighted by Crippen LogP contribution is 2.37. The van der Waals surface area contributed by atoms with Crippen molar-refractivity contribution < 1.29 is 8.98 Å². The Morgan fingerprint density at radius 2 is 2.06 bits per heavy atom. The van der Waals surface area contributed by atoms with E-state index in [4.69, 9.17) is 4.42 Å². The molecule has 2 aromatic heterocycles. The summed E-state index contributed by atoms with van der Waals surface area (Å²) in [6.07, 6.45) is 0. The Hall–Kier alpha value is -1.06. The number of aromatic nitrogens is 1. The lowest BCUT2D eigenvalue weighted by Gasteiger charge is -2.05. The Bertz CT molecular complexity index is 568. The predicted octanol–water partition coefficient (Wildman–Crippen LogP) is 2.72. The van der Waals surface area contributed by atoms with Crippen LogP contribution < -0.4 is 10.4 Å². The molecule has 17 heavy (non-hydrogen) atoms. The number of anilines is 1. The van der Waals surface area contributed by atoms with E-state index >= 15 is 0 Å². The third-order valence-electron chi connectivity index (χ3n) is 2.25. The lowest BCUT2D eigenvalue weighted by molar-refractivity contribution is 0.568. The van der Waals surface area contributed by atoms with E-state index in [9.17, 15) is 4.57 Å². The number of hydrogen-bond donors (Lipinski definition) is 0. The van der Waals surface area contributed by atoms with Crippen molar-refractivity contribution in [3.63, 3.8) is 0 Å². The number of furan rings is 1. The second kappa shape index (κ2) is 4.31. The normalized spacial score (nSPS) is 11.8. The quantitative estimate of drug-likeness (QED) is 0.804. The van der Waals surface area contributed by atoms with Gasteiger partial charge in [0.25, 0.3) is 0 Å². The van der Waals surface area contributed by atoms with Gasteiger partial charge in [0.1, 0.15) is 12.8 Å². The van der Waals surface area contributed by atoms with E-state index < -0.39 is 7.14 Å². The van der Waals surface area contributed by atoms with Gasteiger partial charge in [0.2, 0.25) is 0 Å². The summed E-state index contributed by atoms with van der Waals surface area (Å²) >= 11 is 1.55. The van der Waals surface area contributed by atoms with E-state index in [-0.39, 0.29) is 0 Å². The summed E-state index contributed by atoms with van der Waals surface area (Å²) in [5.74, 6) is 0.674. The van der Waals surface area contributed by atoms with Crippen LogP contribution >= 0.6 is 18.5 Å². The predicted molar refractivity (Wildman–Crippen MR) is 73.2 cm³/mol. The molecule has 0 saturated heterocycles. The van der Waals surface area contributed by atoms with Crippen LogP contribution in [0, 0.1) is 0 Å². The van der Waals surface area contributed by atoms with Gasteiger partial charge in [-0.25, -0.2) is 4.98 Å². The van der Waals surface area contributed by atoms with Crippen LogP contribution in [0.4, 0.5) is 5.13 Å². The van der Waals surface area contributed by atoms with Gasteiger partial charge in [-0.3, -0.25) is 0 Å². The maximum Gasteiger partial charge on any atom is 0.185 e. The van der Waals surface area contributed by atoms with Crippen LogP contribution in [-0.2, 0) is 4.57 Å². The van der Waals surface area contributed by atoms with Crippen LogP contribution in [0.5, 0.6) is 0 Å². The summed E-state index contributed by atoms with van der Waals surface area (Å²) in [5.41, 5.74) is 1.34. The molecular weight excluding hydrogens is 255 g/mol. The first-order chi connectivity index (χ1) is 7.88. The number of nitrogens with zero attached hydrogens (tertiary/aromatic N) is 2. The fourth-order valence-corrected chi connectivity index (χ4v) is 2.84. The Kier molecular flexibility index (Phi) is 3.15. The molecule has 2 heterocycles. The van der Waals surface area contributed by atoms with E-state index in [0.29, 0.717) is 11.3 Å². The summed E-state index contributed by atoms with van der Waals surface area (Å²) in [5, 5.41) is 2.86. The molecule has 92 valence electrons. The highest BCUT2D eigenvalue weighted by molar-refractivity contribution is 7.69. The number of hydrogen-bond acceptors (Lipinski definition) is 5. The molecule has 2 rings (SSSR count). The first-order valence-electron chi connectivity index (χ1n) is 5.16. The molecule has 0 spiro atoms. The van der Waals surface area contributed by atoms with Crippen molar-refractivity contribution in [2.45, 2.75) is 0 Å². The third-order valence-corrected chi connectivity index (χ3v) is 4.56. The van der Waals surface area contributed by atoms with Crippen molar-refractivity contribution >= 4 is 29.1 Å². The highest BCUT2D eigenvalue weighted by atomic mass is 32.1. The second-order valence-corrected chi connectivity index (χ2v) is 8.38. The van der Waals surface area contributed by atoms with E-state index in [1.807, 2.05) is 30.4 Å². The van der Waals surface area contributed by atoms with E-state index in [2.05, 4.69) is 4.98 Å². The molecule has 0 aromatic carbocycles. The molecule has 0 fully saturated rings. The van der Waals surface area contributed by atoms with Gasteiger partial charge >= 0.3 is 0 Å². The van der Waals surface area contributed by atoms with Crippen LogP contribution in [0.1, 0.15) is 0 Å². The Labute approximate surface area is 105 Å². The molecule has 2 aromatic rings. The molecule has 0 amide bonds. The summed E-state index contributed by atoms with van der Waals surface area (Å²) in [6.45, 7) is 3.39. The molecule has 0 saturated carbocycles. The fourth-order valence-electron chi connectivity index (χ4n) is 1.34. The smallest absolute Gasteiger partial charge is 0.185 e.